The molecule has 1 amide bonds. The summed E-state index contributed by atoms with van der Waals surface area (Å²) >= 11 is 0. The number of primary amides is 1. The standard InChI is InChI=1S/C18H16N6O3/c19-16(25)10-2-3-11-12(7-10)22-15(23-17(11)24-18(20)21)6-9-1-4-13-14(5-9)27-8-26-13/h1-5,7H,6,8H2,(H2,19,25)(H4,20,21,22,23,24). The Kier molecular flexibility index (Phi) is 3.96. The largest absolute Gasteiger partial charge is 0.454 e. The molecule has 6 N–H and O–H groups in total. The highest BCUT2D eigenvalue weighted by Gasteiger charge is 2.15. The summed E-state index contributed by atoms with van der Waals surface area (Å²) in [5.74, 6) is 1.52. The van der Waals surface area contributed by atoms with Gasteiger partial charge in [0.1, 0.15) is 5.82 Å². The van der Waals surface area contributed by atoms with Gasteiger partial charge in [-0.15, -0.1) is 0 Å². The number of amides is 1. The lowest BCUT2D eigenvalue weighted by Crippen LogP contribution is -2.22. The van der Waals surface area contributed by atoms with Crippen molar-refractivity contribution in [2.75, 3.05) is 6.79 Å². The molecule has 9 nitrogen and oxygen atoms in total. The van der Waals surface area contributed by atoms with Crippen molar-refractivity contribution in [3.8, 4) is 11.5 Å². The van der Waals surface area contributed by atoms with Crippen LogP contribution in [0, 0.1) is 0 Å². The van der Waals surface area contributed by atoms with E-state index >= 15 is 0 Å². The minimum Gasteiger partial charge on any atom is -0.454 e. The molecular weight excluding hydrogens is 348 g/mol. The molecule has 0 spiro atoms. The fourth-order valence-electron chi connectivity index (χ4n) is 2.83. The van der Waals surface area contributed by atoms with Crippen molar-refractivity contribution in [3.63, 3.8) is 0 Å². The van der Waals surface area contributed by atoms with Gasteiger partial charge in [-0.3, -0.25) is 4.79 Å². The Bertz CT molecular complexity index is 1090. The summed E-state index contributed by atoms with van der Waals surface area (Å²) in [6.45, 7) is 0.204. The lowest BCUT2D eigenvalue weighted by Gasteiger charge is -2.08. The molecular formula is C18H16N6O3. The van der Waals surface area contributed by atoms with E-state index in [0.29, 0.717) is 46.0 Å². The molecule has 2 heterocycles. The molecule has 0 saturated carbocycles. The van der Waals surface area contributed by atoms with Gasteiger partial charge in [-0.1, -0.05) is 6.07 Å². The predicted octanol–water partition coefficient (Wildman–Crippen LogP) is 0.953. The van der Waals surface area contributed by atoms with Crippen LogP contribution in [-0.4, -0.2) is 28.6 Å². The van der Waals surface area contributed by atoms with Crippen LogP contribution in [-0.2, 0) is 6.42 Å². The van der Waals surface area contributed by atoms with E-state index < -0.39 is 5.91 Å². The maximum atomic E-state index is 11.5. The number of carbonyl (C=O) groups is 1. The Morgan fingerprint density at radius 2 is 1.85 bits per heavy atom. The second-order valence-corrected chi connectivity index (χ2v) is 5.96. The van der Waals surface area contributed by atoms with Gasteiger partial charge in [0.25, 0.3) is 0 Å². The van der Waals surface area contributed by atoms with Gasteiger partial charge in [0.2, 0.25) is 12.7 Å². The average molecular weight is 364 g/mol. The first-order valence-electron chi connectivity index (χ1n) is 8.08. The lowest BCUT2D eigenvalue weighted by molar-refractivity contribution is 0.100. The molecule has 2 aromatic carbocycles. The third kappa shape index (κ3) is 3.30. The third-order valence-electron chi connectivity index (χ3n) is 4.04. The van der Waals surface area contributed by atoms with Crippen LogP contribution in [0.3, 0.4) is 0 Å². The number of benzene rings is 2. The van der Waals surface area contributed by atoms with Gasteiger partial charge in [0.15, 0.2) is 23.3 Å². The number of fused-ring (bicyclic) bond motifs is 2. The van der Waals surface area contributed by atoms with Gasteiger partial charge in [-0.2, -0.15) is 4.99 Å². The summed E-state index contributed by atoms with van der Waals surface area (Å²) in [5.41, 5.74) is 18.2. The number of hydrogen-bond donors (Lipinski definition) is 3. The zero-order chi connectivity index (χ0) is 19.0. The second kappa shape index (κ2) is 6.45. The molecule has 1 aromatic heterocycles. The molecule has 1 aliphatic rings. The molecule has 0 unspecified atom stereocenters. The van der Waals surface area contributed by atoms with Gasteiger partial charge in [0.05, 0.1) is 5.52 Å². The van der Waals surface area contributed by atoms with E-state index in [2.05, 4.69) is 15.0 Å². The summed E-state index contributed by atoms with van der Waals surface area (Å²) in [4.78, 5) is 24.6. The Labute approximate surface area is 153 Å². The molecule has 0 bridgehead atoms. The summed E-state index contributed by atoms with van der Waals surface area (Å²) in [6.07, 6.45) is 0.417. The van der Waals surface area contributed by atoms with Crippen LogP contribution < -0.4 is 26.7 Å². The van der Waals surface area contributed by atoms with Crippen LogP contribution in [0.1, 0.15) is 21.7 Å². The quantitative estimate of drug-likeness (QED) is 0.460. The van der Waals surface area contributed by atoms with E-state index in [9.17, 15) is 4.79 Å². The van der Waals surface area contributed by atoms with Crippen molar-refractivity contribution in [3.05, 3.63) is 53.3 Å². The Morgan fingerprint density at radius 1 is 1.04 bits per heavy atom. The first kappa shape index (κ1) is 16.6. The van der Waals surface area contributed by atoms with Crippen molar-refractivity contribution < 1.29 is 14.3 Å². The van der Waals surface area contributed by atoms with Crippen LogP contribution >= 0.6 is 0 Å². The number of hydrogen-bond acceptors (Lipinski definition) is 6. The lowest BCUT2D eigenvalue weighted by atomic mass is 10.1. The number of nitrogens with zero attached hydrogens (tertiary/aromatic N) is 3. The minimum atomic E-state index is -0.545. The van der Waals surface area contributed by atoms with Crippen LogP contribution in [0.2, 0.25) is 0 Å². The van der Waals surface area contributed by atoms with Crippen molar-refractivity contribution in [1.82, 2.24) is 9.97 Å². The Balaban J connectivity index is 1.79. The maximum absolute atomic E-state index is 11.5. The summed E-state index contributed by atoms with van der Waals surface area (Å²) in [7, 11) is 0. The van der Waals surface area contributed by atoms with E-state index in [4.69, 9.17) is 26.7 Å². The van der Waals surface area contributed by atoms with Crippen LogP contribution in [0.4, 0.5) is 5.82 Å². The molecule has 4 rings (SSSR count). The molecule has 0 aliphatic carbocycles. The average Bonchev–Trinajstić information content (AvgIpc) is 3.08. The minimum absolute atomic E-state index is 0.122. The molecule has 9 heteroatoms. The van der Waals surface area contributed by atoms with Crippen LogP contribution in [0.25, 0.3) is 10.9 Å². The highest BCUT2D eigenvalue weighted by molar-refractivity contribution is 5.99. The van der Waals surface area contributed by atoms with Gasteiger partial charge in [-0.25, -0.2) is 9.97 Å². The van der Waals surface area contributed by atoms with E-state index in [-0.39, 0.29) is 12.8 Å². The van der Waals surface area contributed by atoms with Crippen LogP contribution in [0.15, 0.2) is 41.4 Å². The molecule has 0 saturated heterocycles. The van der Waals surface area contributed by atoms with Gasteiger partial charge < -0.3 is 26.7 Å². The Hall–Kier alpha value is -3.88. The monoisotopic (exact) mass is 364 g/mol. The number of nitrogens with two attached hydrogens (primary N) is 3. The van der Waals surface area contributed by atoms with E-state index in [1.807, 2.05) is 18.2 Å². The highest BCUT2D eigenvalue weighted by atomic mass is 16.7. The molecule has 0 radical (unpaired) electrons. The summed E-state index contributed by atoms with van der Waals surface area (Å²) in [6, 6.07) is 10.4. The third-order valence-corrected chi connectivity index (χ3v) is 4.04. The van der Waals surface area contributed by atoms with E-state index in [0.717, 1.165) is 5.56 Å². The molecule has 0 atom stereocenters. The number of carbonyl (C=O) groups excluding carboxylic acids is 1. The van der Waals surface area contributed by atoms with Gasteiger partial charge in [-0.05, 0) is 35.9 Å². The van der Waals surface area contributed by atoms with Gasteiger partial charge >= 0.3 is 0 Å². The zero-order valence-electron chi connectivity index (χ0n) is 14.2. The van der Waals surface area contributed by atoms with Crippen LogP contribution in [0.5, 0.6) is 11.5 Å². The SMILES string of the molecule is NC(=O)c1ccc2c(N=C(N)N)nc(Cc3ccc4c(c3)OCO4)nc2c1. The number of aromatic nitrogens is 2. The van der Waals surface area contributed by atoms with Gasteiger partial charge in [0, 0.05) is 17.4 Å². The number of ether oxygens (including phenoxy) is 2. The van der Waals surface area contributed by atoms with E-state index in [1.165, 1.54) is 0 Å². The normalized spacial score (nSPS) is 12.1. The molecule has 1 aliphatic heterocycles. The summed E-state index contributed by atoms with van der Waals surface area (Å²) < 4.78 is 10.7. The number of guanidine groups is 1. The van der Waals surface area contributed by atoms with Crippen molar-refractivity contribution in [2.24, 2.45) is 22.2 Å². The molecule has 27 heavy (non-hydrogen) atoms. The highest BCUT2D eigenvalue weighted by Crippen LogP contribution is 2.33. The first-order valence-corrected chi connectivity index (χ1v) is 8.08. The summed E-state index contributed by atoms with van der Waals surface area (Å²) in [5, 5.41) is 0.614. The first-order chi connectivity index (χ1) is 13.0. The van der Waals surface area contributed by atoms with Crippen molar-refractivity contribution in [2.45, 2.75) is 6.42 Å². The van der Waals surface area contributed by atoms with Crippen molar-refractivity contribution in [1.29, 1.82) is 0 Å². The van der Waals surface area contributed by atoms with Crippen molar-refractivity contribution >= 4 is 28.6 Å². The fraction of sp³-hybridized carbons (Fsp3) is 0.111. The smallest absolute Gasteiger partial charge is 0.248 e. The van der Waals surface area contributed by atoms with E-state index in [1.54, 1.807) is 18.2 Å². The molecule has 3 aromatic rings. The predicted molar refractivity (Wildman–Crippen MR) is 98.9 cm³/mol. The fourth-order valence-corrected chi connectivity index (χ4v) is 2.83. The topological polar surface area (TPSA) is 152 Å². The number of aliphatic imine (C=N–C) groups is 1. The second-order valence-electron chi connectivity index (χ2n) is 5.96. The molecule has 136 valence electrons. The molecule has 0 fully saturated rings. The number of rotatable bonds is 4. The Morgan fingerprint density at radius 3 is 2.63 bits per heavy atom. The zero-order valence-corrected chi connectivity index (χ0v) is 14.2. The maximum Gasteiger partial charge on any atom is 0.248 e.